The highest BCUT2D eigenvalue weighted by molar-refractivity contribution is 5.05. The third-order valence-corrected chi connectivity index (χ3v) is 2.15. The zero-order valence-electron chi connectivity index (χ0n) is 8.91. The quantitative estimate of drug-likeness (QED) is 0.766. The lowest BCUT2D eigenvalue weighted by atomic mass is 10.0. The van der Waals surface area contributed by atoms with Crippen LogP contribution in [0.5, 0.6) is 0 Å². The van der Waals surface area contributed by atoms with Crippen molar-refractivity contribution in [2.24, 2.45) is 13.0 Å². The molecule has 1 rings (SSSR count). The van der Waals surface area contributed by atoms with Crippen molar-refractivity contribution in [3.8, 4) is 0 Å². The molecule has 1 unspecified atom stereocenters. The molecule has 1 aromatic rings. The Morgan fingerprint density at radius 2 is 2.23 bits per heavy atom. The minimum atomic E-state index is 0.390. The minimum absolute atomic E-state index is 0.390. The summed E-state index contributed by atoms with van der Waals surface area (Å²) in [7, 11) is 3.94. The van der Waals surface area contributed by atoms with Crippen molar-refractivity contribution in [1.82, 2.24) is 15.1 Å². The van der Waals surface area contributed by atoms with Gasteiger partial charge in [0.15, 0.2) is 0 Å². The van der Waals surface area contributed by atoms with E-state index in [9.17, 15) is 0 Å². The molecule has 0 bridgehead atoms. The molecule has 0 fully saturated rings. The lowest BCUT2D eigenvalue weighted by molar-refractivity contribution is 0.445. The highest BCUT2D eigenvalue weighted by Crippen LogP contribution is 2.18. The summed E-state index contributed by atoms with van der Waals surface area (Å²) >= 11 is 0. The Kier molecular flexibility index (Phi) is 3.48. The monoisotopic (exact) mass is 181 g/mol. The van der Waals surface area contributed by atoms with Crippen molar-refractivity contribution < 1.29 is 0 Å². The SMILES string of the molecule is CNC(CC(C)C)c1ccn(C)n1. The van der Waals surface area contributed by atoms with Gasteiger partial charge in [-0.05, 0) is 25.5 Å². The largest absolute Gasteiger partial charge is 0.312 e. The summed E-state index contributed by atoms with van der Waals surface area (Å²) in [4.78, 5) is 0. The molecule has 0 amide bonds. The van der Waals surface area contributed by atoms with Gasteiger partial charge in [0.1, 0.15) is 0 Å². The van der Waals surface area contributed by atoms with Gasteiger partial charge in [-0.2, -0.15) is 5.10 Å². The van der Waals surface area contributed by atoms with Crippen LogP contribution >= 0.6 is 0 Å². The van der Waals surface area contributed by atoms with Gasteiger partial charge in [-0.3, -0.25) is 4.68 Å². The zero-order chi connectivity index (χ0) is 9.84. The molecule has 13 heavy (non-hydrogen) atoms. The summed E-state index contributed by atoms with van der Waals surface area (Å²) in [5.74, 6) is 0.694. The van der Waals surface area contributed by atoms with Gasteiger partial charge in [0.05, 0.1) is 11.7 Å². The van der Waals surface area contributed by atoms with Crippen LogP contribution < -0.4 is 5.32 Å². The van der Waals surface area contributed by atoms with Crippen LogP contribution in [-0.2, 0) is 7.05 Å². The normalized spacial score (nSPS) is 13.6. The molecule has 3 heteroatoms. The molecule has 0 saturated heterocycles. The molecule has 0 radical (unpaired) electrons. The van der Waals surface area contributed by atoms with E-state index in [1.54, 1.807) is 0 Å². The van der Waals surface area contributed by atoms with Crippen LogP contribution in [0, 0.1) is 5.92 Å². The third kappa shape index (κ3) is 2.84. The molecule has 3 nitrogen and oxygen atoms in total. The Morgan fingerprint density at radius 1 is 1.54 bits per heavy atom. The zero-order valence-corrected chi connectivity index (χ0v) is 8.91. The Bertz CT molecular complexity index is 252. The van der Waals surface area contributed by atoms with Crippen molar-refractivity contribution in [2.45, 2.75) is 26.3 Å². The summed E-state index contributed by atoms with van der Waals surface area (Å²) in [6, 6.07) is 2.46. The van der Waals surface area contributed by atoms with E-state index in [1.165, 1.54) is 0 Å². The average Bonchev–Trinajstić information content (AvgIpc) is 2.47. The predicted octanol–water partition coefficient (Wildman–Crippen LogP) is 1.73. The molecule has 0 aromatic carbocycles. The summed E-state index contributed by atoms with van der Waals surface area (Å²) in [6.45, 7) is 4.46. The Labute approximate surface area is 80.1 Å². The van der Waals surface area contributed by atoms with Crippen LogP contribution in [0.4, 0.5) is 0 Å². The van der Waals surface area contributed by atoms with Gasteiger partial charge in [0.2, 0.25) is 0 Å². The van der Waals surface area contributed by atoms with Gasteiger partial charge >= 0.3 is 0 Å². The minimum Gasteiger partial charge on any atom is -0.312 e. The second-order valence-corrected chi connectivity index (χ2v) is 3.89. The molecule has 0 aliphatic rings. The molecular weight excluding hydrogens is 162 g/mol. The van der Waals surface area contributed by atoms with Crippen molar-refractivity contribution in [2.75, 3.05) is 7.05 Å². The molecule has 1 heterocycles. The fourth-order valence-electron chi connectivity index (χ4n) is 1.48. The third-order valence-electron chi connectivity index (χ3n) is 2.15. The van der Waals surface area contributed by atoms with Gasteiger partial charge in [-0.1, -0.05) is 13.8 Å². The summed E-state index contributed by atoms with van der Waals surface area (Å²) < 4.78 is 1.85. The standard InChI is InChI=1S/C10H19N3/c1-8(2)7-10(11-3)9-5-6-13(4)12-9/h5-6,8,10-11H,7H2,1-4H3. The number of hydrogen-bond donors (Lipinski definition) is 1. The maximum absolute atomic E-state index is 4.39. The Morgan fingerprint density at radius 3 is 2.62 bits per heavy atom. The Hall–Kier alpha value is -0.830. The Balaban J connectivity index is 2.66. The molecular formula is C10H19N3. The van der Waals surface area contributed by atoms with E-state index < -0.39 is 0 Å². The van der Waals surface area contributed by atoms with Gasteiger partial charge in [0, 0.05) is 13.2 Å². The van der Waals surface area contributed by atoms with E-state index in [0.717, 1.165) is 12.1 Å². The van der Waals surface area contributed by atoms with E-state index >= 15 is 0 Å². The number of aryl methyl sites for hydroxylation is 1. The fourth-order valence-corrected chi connectivity index (χ4v) is 1.48. The van der Waals surface area contributed by atoms with Crippen LogP contribution in [0.25, 0.3) is 0 Å². The smallest absolute Gasteiger partial charge is 0.0793 e. The average molecular weight is 181 g/mol. The highest BCUT2D eigenvalue weighted by atomic mass is 15.3. The topological polar surface area (TPSA) is 29.9 Å². The van der Waals surface area contributed by atoms with Crippen LogP contribution in [0.1, 0.15) is 32.0 Å². The van der Waals surface area contributed by atoms with Crippen molar-refractivity contribution in [3.05, 3.63) is 18.0 Å². The summed E-state index contributed by atoms with van der Waals surface area (Å²) in [5, 5.41) is 7.68. The first-order valence-electron chi connectivity index (χ1n) is 4.80. The number of rotatable bonds is 4. The first kappa shape index (κ1) is 10.3. The van der Waals surface area contributed by atoms with Crippen LogP contribution in [0.3, 0.4) is 0 Å². The first-order valence-corrected chi connectivity index (χ1v) is 4.80. The molecule has 0 aliphatic heterocycles. The summed E-state index contributed by atoms with van der Waals surface area (Å²) in [6.07, 6.45) is 3.12. The fraction of sp³-hybridized carbons (Fsp3) is 0.700. The molecule has 0 spiro atoms. The number of nitrogens with zero attached hydrogens (tertiary/aromatic N) is 2. The number of nitrogens with one attached hydrogen (secondary N) is 1. The second-order valence-electron chi connectivity index (χ2n) is 3.89. The molecule has 0 saturated carbocycles. The first-order chi connectivity index (χ1) is 6.13. The van der Waals surface area contributed by atoms with Crippen molar-refractivity contribution >= 4 is 0 Å². The predicted molar refractivity (Wildman–Crippen MR) is 54.5 cm³/mol. The van der Waals surface area contributed by atoms with Crippen molar-refractivity contribution in [3.63, 3.8) is 0 Å². The maximum Gasteiger partial charge on any atom is 0.0793 e. The van der Waals surface area contributed by atoms with E-state index in [1.807, 2.05) is 25.0 Å². The van der Waals surface area contributed by atoms with E-state index in [2.05, 4.69) is 30.3 Å². The van der Waals surface area contributed by atoms with E-state index in [0.29, 0.717) is 12.0 Å². The highest BCUT2D eigenvalue weighted by Gasteiger charge is 2.12. The van der Waals surface area contributed by atoms with Crippen LogP contribution in [0.2, 0.25) is 0 Å². The van der Waals surface area contributed by atoms with E-state index in [-0.39, 0.29) is 0 Å². The molecule has 1 atom stereocenters. The lowest BCUT2D eigenvalue weighted by Gasteiger charge is -2.15. The van der Waals surface area contributed by atoms with Crippen LogP contribution in [0.15, 0.2) is 12.3 Å². The molecule has 0 aliphatic carbocycles. The van der Waals surface area contributed by atoms with Gasteiger partial charge in [-0.25, -0.2) is 0 Å². The maximum atomic E-state index is 4.39. The van der Waals surface area contributed by atoms with Crippen molar-refractivity contribution in [1.29, 1.82) is 0 Å². The lowest BCUT2D eigenvalue weighted by Crippen LogP contribution is -2.19. The van der Waals surface area contributed by atoms with Gasteiger partial charge < -0.3 is 5.32 Å². The van der Waals surface area contributed by atoms with Crippen LogP contribution in [-0.4, -0.2) is 16.8 Å². The number of hydrogen-bond acceptors (Lipinski definition) is 2. The molecule has 1 aromatic heterocycles. The van der Waals surface area contributed by atoms with Gasteiger partial charge in [-0.15, -0.1) is 0 Å². The second kappa shape index (κ2) is 4.42. The number of aromatic nitrogens is 2. The van der Waals surface area contributed by atoms with Gasteiger partial charge in [0.25, 0.3) is 0 Å². The molecule has 74 valence electrons. The summed E-state index contributed by atoms with van der Waals surface area (Å²) in [5.41, 5.74) is 1.14. The molecule has 1 N–H and O–H groups in total. The van der Waals surface area contributed by atoms with E-state index in [4.69, 9.17) is 0 Å².